The summed E-state index contributed by atoms with van der Waals surface area (Å²) in [6.07, 6.45) is 2.23. The minimum atomic E-state index is -2.94. The first-order valence-corrected chi connectivity index (χ1v) is 9.66. The normalized spacial score (nSPS) is 25.6. The van der Waals surface area contributed by atoms with Gasteiger partial charge < -0.3 is 5.32 Å². The molecule has 1 fully saturated rings. The number of hydrogen-bond acceptors (Lipinski definition) is 4. The molecule has 20 heavy (non-hydrogen) atoms. The lowest BCUT2D eigenvalue weighted by Gasteiger charge is -2.41. The molecule has 0 amide bonds. The summed E-state index contributed by atoms with van der Waals surface area (Å²) in [4.78, 5) is 2.39. The van der Waals surface area contributed by atoms with E-state index in [0.717, 1.165) is 25.9 Å². The van der Waals surface area contributed by atoms with Gasteiger partial charge in [0.15, 0.2) is 9.84 Å². The number of piperazine rings is 1. The van der Waals surface area contributed by atoms with Gasteiger partial charge in [-0.15, -0.1) is 0 Å². The van der Waals surface area contributed by atoms with Crippen molar-refractivity contribution >= 4 is 9.84 Å². The summed E-state index contributed by atoms with van der Waals surface area (Å²) in [5, 5.41) is 3.32. The molecule has 1 aliphatic rings. The van der Waals surface area contributed by atoms with E-state index in [1.807, 2.05) is 0 Å². The molecule has 1 N–H and O–H groups in total. The molecular formula is C15H32N2O2S. The Morgan fingerprint density at radius 1 is 1.25 bits per heavy atom. The topological polar surface area (TPSA) is 49.4 Å². The monoisotopic (exact) mass is 304 g/mol. The molecule has 0 radical (unpaired) electrons. The second-order valence-electron chi connectivity index (χ2n) is 6.71. The van der Waals surface area contributed by atoms with Crippen LogP contribution in [-0.2, 0) is 9.84 Å². The fraction of sp³-hybridized carbons (Fsp3) is 1.00. The lowest BCUT2D eigenvalue weighted by molar-refractivity contribution is 0.119. The van der Waals surface area contributed by atoms with Crippen molar-refractivity contribution in [1.82, 2.24) is 10.2 Å². The van der Waals surface area contributed by atoms with Crippen LogP contribution in [0.2, 0.25) is 0 Å². The summed E-state index contributed by atoms with van der Waals surface area (Å²) in [6, 6.07) is 0.973. The van der Waals surface area contributed by atoms with Gasteiger partial charge in [0.1, 0.15) is 0 Å². The van der Waals surface area contributed by atoms with Crippen molar-refractivity contribution in [3.8, 4) is 0 Å². The van der Waals surface area contributed by atoms with Crippen molar-refractivity contribution in [2.24, 2.45) is 5.92 Å². The van der Waals surface area contributed by atoms with Crippen LogP contribution in [0.15, 0.2) is 0 Å². The zero-order valence-electron chi connectivity index (χ0n) is 13.7. The molecule has 0 saturated carbocycles. The van der Waals surface area contributed by atoms with Crippen molar-refractivity contribution in [2.75, 3.05) is 25.4 Å². The molecule has 5 heteroatoms. The summed E-state index contributed by atoms with van der Waals surface area (Å²) >= 11 is 0. The largest absolute Gasteiger partial charge is 0.311 e. The summed E-state index contributed by atoms with van der Waals surface area (Å²) in [6.45, 7) is 12.8. The fourth-order valence-electron chi connectivity index (χ4n) is 2.73. The van der Waals surface area contributed by atoms with E-state index in [2.05, 4.69) is 31.0 Å². The Balaban J connectivity index is 2.64. The Bertz CT molecular complexity index is 379. The Kier molecular flexibility index (Phi) is 6.95. The zero-order valence-corrected chi connectivity index (χ0v) is 14.5. The molecule has 0 bridgehead atoms. The fourth-order valence-corrected chi connectivity index (χ4v) is 3.69. The number of hydrogen-bond donors (Lipinski definition) is 1. The van der Waals surface area contributed by atoms with E-state index in [4.69, 9.17) is 0 Å². The highest BCUT2D eigenvalue weighted by atomic mass is 32.2. The van der Waals surface area contributed by atoms with Gasteiger partial charge >= 0.3 is 0 Å². The maximum atomic E-state index is 12.0. The lowest BCUT2D eigenvalue weighted by atomic mass is 9.98. The van der Waals surface area contributed by atoms with Gasteiger partial charge in [-0.2, -0.15) is 0 Å². The van der Waals surface area contributed by atoms with Crippen LogP contribution in [0.5, 0.6) is 0 Å². The van der Waals surface area contributed by atoms with Gasteiger partial charge in [-0.1, -0.05) is 20.8 Å². The molecule has 0 aromatic rings. The number of nitrogens with one attached hydrogen (secondary N) is 1. The van der Waals surface area contributed by atoms with E-state index >= 15 is 0 Å². The van der Waals surface area contributed by atoms with E-state index in [-0.39, 0.29) is 11.0 Å². The number of sulfone groups is 1. The molecule has 0 aromatic heterocycles. The molecule has 2 atom stereocenters. The first-order chi connectivity index (χ1) is 9.26. The van der Waals surface area contributed by atoms with Gasteiger partial charge in [0, 0.05) is 31.7 Å². The first kappa shape index (κ1) is 17.9. The maximum Gasteiger partial charge on any atom is 0.153 e. The SMILES string of the molecule is CCC1CN(CCS(=O)(=O)C(C)C)C(CC(C)C)CN1. The molecular weight excluding hydrogens is 272 g/mol. The van der Waals surface area contributed by atoms with Crippen LogP contribution in [0.4, 0.5) is 0 Å². The van der Waals surface area contributed by atoms with Crippen molar-refractivity contribution in [1.29, 1.82) is 0 Å². The third-order valence-electron chi connectivity index (χ3n) is 4.23. The van der Waals surface area contributed by atoms with Crippen LogP contribution in [0.3, 0.4) is 0 Å². The highest BCUT2D eigenvalue weighted by molar-refractivity contribution is 7.92. The molecule has 120 valence electrons. The van der Waals surface area contributed by atoms with Crippen molar-refractivity contribution in [2.45, 2.75) is 64.8 Å². The van der Waals surface area contributed by atoms with Crippen LogP contribution >= 0.6 is 0 Å². The summed E-state index contributed by atoms with van der Waals surface area (Å²) in [5.74, 6) is 0.930. The van der Waals surface area contributed by atoms with Crippen molar-refractivity contribution < 1.29 is 8.42 Å². The Hall–Kier alpha value is -0.130. The average Bonchev–Trinajstić information content (AvgIpc) is 2.36. The Labute approximate surface area is 125 Å². The standard InChI is InChI=1S/C15H32N2O2S/c1-6-14-11-17(7-8-20(18,19)13(4)5)15(10-16-14)9-12(2)3/h12-16H,6-11H2,1-5H3. The predicted octanol–water partition coefficient (Wildman–Crippen LogP) is 1.91. The van der Waals surface area contributed by atoms with Crippen LogP contribution in [0.1, 0.15) is 47.5 Å². The molecule has 0 spiro atoms. The number of rotatable bonds is 7. The van der Waals surface area contributed by atoms with Crippen molar-refractivity contribution in [3.63, 3.8) is 0 Å². The highest BCUT2D eigenvalue weighted by Gasteiger charge is 2.28. The molecule has 0 aromatic carbocycles. The van der Waals surface area contributed by atoms with Gasteiger partial charge in [-0.3, -0.25) is 4.90 Å². The van der Waals surface area contributed by atoms with Crippen LogP contribution in [-0.4, -0.2) is 56.0 Å². The first-order valence-electron chi connectivity index (χ1n) is 7.95. The summed E-state index contributed by atoms with van der Waals surface area (Å²) in [5.41, 5.74) is 0. The quantitative estimate of drug-likeness (QED) is 0.780. The van der Waals surface area contributed by atoms with Gasteiger partial charge in [0.25, 0.3) is 0 Å². The lowest BCUT2D eigenvalue weighted by Crippen LogP contribution is -2.57. The third kappa shape index (κ3) is 5.34. The van der Waals surface area contributed by atoms with E-state index in [9.17, 15) is 8.42 Å². The maximum absolute atomic E-state index is 12.0. The summed E-state index contributed by atoms with van der Waals surface area (Å²) < 4.78 is 24.0. The Morgan fingerprint density at radius 3 is 2.40 bits per heavy atom. The molecule has 1 heterocycles. The smallest absolute Gasteiger partial charge is 0.153 e. The molecule has 0 aliphatic carbocycles. The van der Waals surface area contributed by atoms with E-state index in [0.29, 0.717) is 24.5 Å². The number of nitrogens with zero attached hydrogens (tertiary/aromatic N) is 1. The molecule has 4 nitrogen and oxygen atoms in total. The van der Waals surface area contributed by atoms with E-state index in [1.165, 1.54) is 0 Å². The van der Waals surface area contributed by atoms with Crippen LogP contribution < -0.4 is 5.32 Å². The van der Waals surface area contributed by atoms with Crippen LogP contribution in [0.25, 0.3) is 0 Å². The van der Waals surface area contributed by atoms with E-state index < -0.39 is 9.84 Å². The minimum Gasteiger partial charge on any atom is -0.311 e. The van der Waals surface area contributed by atoms with Crippen molar-refractivity contribution in [3.05, 3.63) is 0 Å². The van der Waals surface area contributed by atoms with Gasteiger partial charge in [0.2, 0.25) is 0 Å². The second-order valence-corrected chi connectivity index (χ2v) is 9.38. The minimum absolute atomic E-state index is 0.268. The van der Waals surface area contributed by atoms with Gasteiger partial charge in [-0.25, -0.2) is 8.42 Å². The Morgan fingerprint density at radius 2 is 1.90 bits per heavy atom. The predicted molar refractivity (Wildman–Crippen MR) is 85.8 cm³/mol. The van der Waals surface area contributed by atoms with E-state index in [1.54, 1.807) is 13.8 Å². The summed E-state index contributed by atoms with van der Waals surface area (Å²) in [7, 11) is -2.94. The molecule has 2 unspecified atom stereocenters. The molecule has 1 rings (SSSR count). The highest BCUT2D eigenvalue weighted by Crippen LogP contribution is 2.17. The average molecular weight is 305 g/mol. The molecule has 1 saturated heterocycles. The van der Waals surface area contributed by atoms with Gasteiger partial charge in [0.05, 0.1) is 11.0 Å². The van der Waals surface area contributed by atoms with Crippen LogP contribution in [0, 0.1) is 5.92 Å². The molecule has 1 aliphatic heterocycles. The zero-order chi connectivity index (χ0) is 15.3. The second kappa shape index (κ2) is 7.76. The third-order valence-corrected chi connectivity index (χ3v) is 6.42. The van der Waals surface area contributed by atoms with Gasteiger partial charge in [-0.05, 0) is 32.6 Å².